The third-order valence-corrected chi connectivity index (χ3v) is 6.24. The summed E-state index contributed by atoms with van der Waals surface area (Å²) in [5.74, 6) is -1.24. The highest BCUT2D eigenvalue weighted by atomic mass is 16.6. The smallest absolute Gasteiger partial charge is 0.329 e. The Kier molecular flexibility index (Phi) is 9.66. The lowest BCUT2D eigenvalue weighted by molar-refractivity contribution is -0.164. The van der Waals surface area contributed by atoms with E-state index >= 15 is 0 Å². The molecule has 1 aromatic carbocycles. The molecule has 0 saturated carbocycles. The van der Waals surface area contributed by atoms with Crippen LogP contribution in [-0.2, 0) is 28.7 Å². The van der Waals surface area contributed by atoms with Gasteiger partial charge in [0, 0.05) is 19.2 Å². The molecular weight excluding hydrogens is 518 g/mol. The first-order chi connectivity index (χ1) is 18.7. The zero-order valence-corrected chi connectivity index (χ0v) is 24.2. The molecule has 3 rings (SSSR count). The highest BCUT2D eigenvalue weighted by Gasteiger charge is 2.38. The normalized spacial score (nSPS) is 19.1. The SMILES string of the molecule is CC(C)(C)OC(=O)[C@H]1CCCN1C(=O)COc1cc(C#N)cc(OCC(=O)N2CCC[C@@H]2C(=O)OC(C)(C)C)c1. The number of carbonyl (C=O) groups is 4. The quantitative estimate of drug-likeness (QED) is 0.442. The van der Waals surface area contributed by atoms with Crippen LogP contribution in [0.3, 0.4) is 0 Å². The van der Waals surface area contributed by atoms with Crippen LogP contribution in [0.25, 0.3) is 0 Å². The van der Waals surface area contributed by atoms with Crippen LogP contribution in [0.15, 0.2) is 18.2 Å². The molecule has 0 aromatic heterocycles. The van der Waals surface area contributed by atoms with Crippen molar-refractivity contribution in [3.05, 3.63) is 23.8 Å². The first-order valence-corrected chi connectivity index (χ1v) is 13.5. The van der Waals surface area contributed by atoms with Crippen molar-refractivity contribution in [2.75, 3.05) is 26.3 Å². The monoisotopic (exact) mass is 557 g/mol. The van der Waals surface area contributed by atoms with E-state index < -0.39 is 35.2 Å². The van der Waals surface area contributed by atoms with E-state index in [0.717, 1.165) is 0 Å². The Morgan fingerprint density at radius 1 is 0.775 bits per heavy atom. The van der Waals surface area contributed by atoms with Gasteiger partial charge in [0.2, 0.25) is 0 Å². The number of rotatable bonds is 8. The Balaban J connectivity index is 1.60. The fourth-order valence-electron chi connectivity index (χ4n) is 4.62. The number of carbonyl (C=O) groups excluding carboxylic acids is 4. The summed E-state index contributed by atoms with van der Waals surface area (Å²) in [6.45, 7) is 10.8. The molecule has 2 aliphatic rings. The number of nitrogens with zero attached hydrogens (tertiary/aromatic N) is 3. The summed E-state index contributed by atoms with van der Waals surface area (Å²) >= 11 is 0. The number of likely N-dealkylation sites (tertiary alicyclic amines) is 2. The standard InChI is InChI=1S/C29H39N3O8/c1-28(2,3)39-26(35)22-9-7-11-31(22)24(33)17-37-20-13-19(16-30)14-21(15-20)38-18-25(34)32-12-8-10-23(32)27(36)40-29(4,5)6/h13-15,22-23H,7-12,17-18H2,1-6H3/t22-,23-/m1/s1. The van der Waals surface area contributed by atoms with E-state index in [1.807, 2.05) is 6.07 Å². The van der Waals surface area contributed by atoms with Crippen molar-refractivity contribution in [2.45, 2.75) is 90.5 Å². The molecule has 0 N–H and O–H groups in total. The van der Waals surface area contributed by atoms with Gasteiger partial charge in [0.15, 0.2) is 13.2 Å². The minimum atomic E-state index is -0.666. The number of benzene rings is 1. The first-order valence-electron chi connectivity index (χ1n) is 13.5. The lowest BCUT2D eigenvalue weighted by Gasteiger charge is -2.27. The fraction of sp³-hybridized carbons (Fsp3) is 0.621. The Bertz CT molecular complexity index is 1080. The zero-order valence-electron chi connectivity index (χ0n) is 24.2. The van der Waals surface area contributed by atoms with E-state index in [9.17, 15) is 24.4 Å². The summed E-state index contributed by atoms with van der Waals surface area (Å²) in [7, 11) is 0. The van der Waals surface area contributed by atoms with Gasteiger partial charge in [0.25, 0.3) is 11.8 Å². The molecule has 2 fully saturated rings. The third kappa shape index (κ3) is 8.60. The van der Waals surface area contributed by atoms with Crippen LogP contribution >= 0.6 is 0 Å². The van der Waals surface area contributed by atoms with Gasteiger partial charge in [-0.2, -0.15) is 5.26 Å². The van der Waals surface area contributed by atoms with Crippen LogP contribution < -0.4 is 9.47 Å². The minimum absolute atomic E-state index is 0.204. The number of nitriles is 1. The molecule has 0 aliphatic carbocycles. The lowest BCUT2D eigenvalue weighted by atomic mass is 10.1. The summed E-state index contributed by atoms with van der Waals surface area (Å²) in [6.07, 6.45) is 2.39. The number of hydrogen-bond acceptors (Lipinski definition) is 9. The van der Waals surface area contributed by atoms with Crippen molar-refractivity contribution in [3.8, 4) is 17.6 Å². The molecule has 40 heavy (non-hydrogen) atoms. The fourth-order valence-corrected chi connectivity index (χ4v) is 4.62. The van der Waals surface area contributed by atoms with E-state index in [2.05, 4.69) is 0 Å². The Hall–Kier alpha value is -3.81. The summed E-state index contributed by atoms with van der Waals surface area (Å²) in [5.41, 5.74) is -1.11. The van der Waals surface area contributed by atoms with Gasteiger partial charge in [-0.05, 0) is 79.4 Å². The molecule has 2 aliphatic heterocycles. The first kappa shape index (κ1) is 30.7. The van der Waals surface area contributed by atoms with Crippen molar-refractivity contribution in [1.82, 2.24) is 9.80 Å². The van der Waals surface area contributed by atoms with Crippen molar-refractivity contribution in [2.24, 2.45) is 0 Å². The predicted molar refractivity (Wildman–Crippen MR) is 143 cm³/mol. The van der Waals surface area contributed by atoms with Gasteiger partial charge in [0.05, 0.1) is 11.6 Å². The minimum Gasteiger partial charge on any atom is -0.484 e. The molecule has 0 spiro atoms. The molecule has 218 valence electrons. The molecule has 2 saturated heterocycles. The van der Waals surface area contributed by atoms with E-state index in [-0.39, 0.29) is 42.1 Å². The summed E-state index contributed by atoms with van der Waals surface area (Å²) in [5, 5.41) is 9.45. The molecule has 1 aromatic rings. The highest BCUT2D eigenvalue weighted by Crippen LogP contribution is 2.26. The van der Waals surface area contributed by atoms with Crippen molar-refractivity contribution < 1.29 is 38.1 Å². The Morgan fingerprint density at radius 3 is 1.52 bits per heavy atom. The highest BCUT2D eigenvalue weighted by molar-refractivity contribution is 5.87. The van der Waals surface area contributed by atoms with Gasteiger partial charge >= 0.3 is 11.9 Å². The second kappa shape index (κ2) is 12.6. The maximum atomic E-state index is 12.9. The molecule has 11 heteroatoms. The molecule has 0 bridgehead atoms. The predicted octanol–water partition coefficient (Wildman–Crippen LogP) is 2.98. The van der Waals surface area contributed by atoms with Crippen molar-refractivity contribution in [3.63, 3.8) is 0 Å². The van der Waals surface area contributed by atoms with Crippen LogP contribution in [0.5, 0.6) is 11.5 Å². The number of hydrogen-bond donors (Lipinski definition) is 0. The largest absolute Gasteiger partial charge is 0.484 e. The summed E-state index contributed by atoms with van der Waals surface area (Å²) < 4.78 is 22.2. The van der Waals surface area contributed by atoms with Gasteiger partial charge in [-0.3, -0.25) is 9.59 Å². The Labute approximate surface area is 235 Å². The number of ether oxygens (including phenoxy) is 4. The van der Waals surface area contributed by atoms with Gasteiger partial charge in [-0.1, -0.05) is 0 Å². The number of esters is 2. The summed E-state index contributed by atoms with van der Waals surface area (Å²) in [4.78, 5) is 53.8. The molecule has 11 nitrogen and oxygen atoms in total. The van der Waals surface area contributed by atoms with Crippen molar-refractivity contribution >= 4 is 23.8 Å². The van der Waals surface area contributed by atoms with Crippen molar-refractivity contribution in [1.29, 1.82) is 5.26 Å². The molecular formula is C29H39N3O8. The van der Waals surface area contributed by atoms with Crippen LogP contribution in [0.2, 0.25) is 0 Å². The maximum Gasteiger partial charge on any atom is 0.329 e. The second-order valence-corrected chi connectivity index (χ2v) is 11.9. The number of amides is 2. The molecule has 0 unspecified atom stereocenters. The molecule has 2 heterocycles. The van der Waals surface area contributed by atoms with Crippen LogP contribution in [-0.4, -0.2) is 83.1 Å². The van der Waals surface area contributed by atoms with E-state index in [0.29, 0.717) is 38.8 Å². The van der Waals surface area contributed by atoms with Gasteiger partial charge < -0.3 is 28.7 Å². The van der Waals surface area contributed by atoms with Gasteiger partial charge in [-0.15, -0.1) is 0 Å². The zero-order chi connectivity index (χ0) is 29.7. The average molecular weight is 558 g/mol. The van der Waals surface area contributed by atoms with E-state index in [1.165, 1.54) is 28.0 Å². The third-order valence-electron chi connectivity index (χ3n) is 6.24. The average Bonchev–Trinajstić information content (AvgIpc) is 3.54. The molecule has 2 amide bonds. The lowest BCUT2D eigenvalue weighted by Crippen LogP contribution is -2.45. The van der Waals surface area contributed by atoms with Crippen LogP contribution in [0, 0.1) is 11.3 Å². The van der Waals surface area contributed by atoms with Gasteiger partial charge in [0.1, 0.15) is 34.8 Å². The Morgan fingerprint density at radius 2 is 1.18 bits per heavy atom. The molecule has 0 radical (unpaired) electrons. The topological polar surface area (TPSA) is 135 Å². The van der Waals surface area contributed by atoms with E-state index in [4.69, 9.17) is 18.9 Å². The van der Waals surface area contributed by atoms with Crippen LogP contribution in [0.4, 0.5) is 0 Å². The van der Waals surface area contributed by atoms with Crippen LogP contribution in [0.1, 0.15) is 72.8 Å². The molecule has 2 atom stereocenters. The van der Waals surface area contributed by atoms with Gasteiger partial charge in [-0.25, -0.2) is 9.59 Å². The maximum absolute atomic E-state index is 12.9. The second-order valence-electron chi connectivity index (χ2n) is 11.9. The summed E-state index contributed by atoms with van der Waals surface area (Å²) in [6, 6.07) is 5.06. The van der Waals surface area contributed by atoms with E-state index in [1.54, 1.807) is 41.5 Å².